The van der Waals surface area contributed by atoms with Crippen LogP contribution in [0, 0.1) is 5.92 Å². The van der Waals surface area contributed by atoms with Gasteiger partial charge in [0.25, 0.3) is 0 Å². The van der Waals surface area contributed by atoms with E-state index in [1.165, 1.54) is 0 Å². The first kappa shape index (κ1) is 13.4. The van der Waals surface area contributed by atoms with Crippen LogP contribution in [0.4, 0.5) is 0 Å². The fourth-order valence-electron chi connectivity index (χ4n) is 1.57. The van der Waals surface area contributed by atoms with Crippen LogP contribution < -0.4 is 0 Å². The molecule has 0 amide bonds. The summed E-state index contributed by atoms with van der Waals surface area (Å²) in [6.45, 7) is 6.88. The topological polar surface area (TPSA) is 69.7 Å². The van der Waals surface area contributed by atoms with Crippen LogP contribution in [0.2, 0.25) is 0 Å². The average molecular weight is 240 g/mol. The minimum Gasteiger partial charge on any atom is -0.459 e. The van der Waals surface area contributed by atoms with Crippen molar-refractivity contribution in [2.24, 2.45) is 5.92 Å². The largest absolute Gasteiger partial charge is 0.459 e. The molecule has 0 aromatic carbocycles. The van der Waals surface area contributed by atoms with Gasteiger partial charge in [0.05, 0.1) is 12.3 Å². The molecule has 5 heteroatoms. The lowest BCUT2D eigenvalue weighted by Crippen LogP contribution is -2.23. The number of cyclic esters (lactones) is 2. The number of ether oxygens (including phenoxy) is 2. The molecule has 0 radical (unpaired) electrons. The van der Waals surface area contributed by atoms with Crippen molar-refractivity contribution in [1.82, 2.24) is 0 Å². The summed E-state index contributed by atoms with van der Waals surface area (Å²) < 4.78 is 9.58. The number of hydrogen-bond donors (Lipinski definition) is 0. The van der Waals surface area contributed by atoms with Crippen molar-refractivity contribution < 1.29 is 23.9 Å². The Labute approximate surface area is 99.8 Å². The van der Waals surface area contributed by atoms with Crippen LogP contribution in [0.1, 0.15) is 33.1 Å². The Bertz CT molecular complexity index is 358. The second-order valence-corrected chi connectivity index (χ2v) is 4.15. The Hall–Kier alpha value is -1.65. The van der Waals surface area contributed by atoms with Crippen LogP contribution in [-0.2, 0) is 23.9 Å². The monoisotopic (exact) mass is 240 g/mol. The number of hydrogen-bond acceptors (Lipinski definition) is 5. The van der Waals surface area contributed by atoms with Crippen molar-refractivity contribution >= 4 is 17.9 Å². The predicted molar refractivity (Wildman–Crippen MR) is 58.8 cm³/mol. The molecule has 0 spiro atoms. The first-order valence-corrected chi connectivity index (χ1v) is 5.55. The van der Waals surface area contributed by atoms with E-state index in [1.807, 2.05) is 6.92 Å². The molecular formula is C12H16O5. The minimum atomic E-state index is -0.528. The third-order valence-corrected chi connectivity index (χ3v) is 2.59. The van der Waals surface area contributed by atoms with E-state index in [9.17, 15) is 14.4 Å². The fraction of sp³-hybridized carbons (Fsp3) is 0.583. The van der Waals surface area contributed by atoms with Gasteiger partial charge in [0.15, 0.2) is 0 Å². The van der Waals surface area contributed by atoms with E-state index in [0.717, 1.165) is 0 Å². The molecule has 5 nitrogen and oxygen atoms in total. The van der Waals surface area contributed by atoms with Gasteiger partial charge in [-0.2, -0.15) is 0 Å². The molecule has 1 fully saturated rings. The molecular weight excluding hydrogens is 224 g/mol. The van der Waals surface area contributed by atoms with Crippen molar-refractivity contribution in [3.05, 3.63) is 12.2 Å². The second kappa shape index (κ2) is 5.61. The summed E-state index contributed by atoms with van der Waals surface area (Å²) in [5.41, 5.74) is 0.313. The molecule has 2 unspecified atom stereocenters. The zero-order valence-electron chi connectivity index (χ0n) is 10.0. The summed E-state index contributed by atoms with van der Waals surface area (Å²) in [4.78, 5) is 33.5. The minimum absolute atomic E-state index is 0.0694. The molecule has 1 rings (SSSR count). The molecule has 0 aromatic rings. The highest BCUT2D eigenvalue weighted by molar-refractivity contribution is 5.94. The van der Waals surface area contributed by atoms with E-state index in [0.29, 0.717) is 18.4 Å². The van der Waals surface area contributed by atoms with Crippen molar-refractivity contribution in [1.29, 1.82) is 0 Å². The van der Waals surface area contributed by atoms with Crippen LogP contribution in [0.3, 0.4) is 0 Å². The molecule has 0 bridgehead atoms. The number of carbonyl (C=O) groups is 3. The maximum absolute atomic E-state index is 11.3. The zero-order chi connectivity index (χ0) is 13.0. The third kappa shape index (κ3) is 3.69. The second-order valence-electron chi connectivity index (χ2n) is 4.15. The molecule has 2 atom stereocenters. The molecule has 1 heterocycles. The summed E-state index contributed by atoms with van der Waals surface area (Å²) in [6, 6.07) is 0. The van der Waals surface area contributed by atoms with Gasteiger partial charge in [0.1, 0.15) is 6.10 Å². The molecule has 1 aliphatic rings. The van der Waals surface area contributed by atoms with Gasteiger partial charge in [-0.25, -0.2) is 4.79 Å². The van der Waals surface area contributed by atoms with Crippen molar-refractivity contribution in [2.75, 3.05) is 0 Å². The van der Waals surface area contributed by atoms with Gasteiger partial charge in [-0.1, -0.05) is 13.5 Å². The van der Waals surface area contributed by atoms with Crippen molar-refractivity contribution in [3.8, 4) is 0 Å². The van der Waals surface area contributed by atoms with E-state index >= 15 is 0 Å². The highest BCUT2D eigenvalue weighted by Gasteiger charge is 2.35. The lowest BCUT2D eigenvalue weighted by molar-refractivity contribution is -0.155. The molecule has 0 saturated carbocycles. The normalized spacial score (nSPS) is 20.9. The summed E-state index contributed by atoms with van der Waals surface area (Å²) in [7, 11) is 0. The van der Waals surface area contributed by atoms with Crippen LogP contribution >= 0.6 is 0 Å². The molecule has 0 aromatic heterocycles. The summed E-state index contributed by atoms with van der Waals surface area (Å²) in [5.74, 6) is -2.01. The van der Waals surface area contributed by atoms with Gasteiger partial charge in [-0.05, 0) is 19.8 Å². The van der Waals surface area contributed by atoms with Crippen LogP contribution in [0.25, 0.3) is 0 Å². The fourth-order valence-corrected chi connectivity index (χ4v) is 1.57. The first-order chi connectivity index (χ1) is 7.93. The van der Waals surface area contributed by atoms with E-state index in [4.69, 9.17) is 4.74 Å². The summed E-state index contributed by atoms with van der Waals surface area (Å²) in [6.07, 6.45) is 0.583. The van der Waals surface area contributed by atoms with Gasteiger partial charge in [-0.15, -0.1) is 0 Å². The summed E-state index contributed by atoms with van der Waals surface area (Å²) in [5, 5.41) is 0. The first-order valence-electron chi connectivity index (χ1n) is 5.55. The van der Waals surface area contributed by atoms with Gasteiger partial charge in [-0.3, -0.25) is 9.59 Å². The molecule has 0 N–H and O–H groups in total. The Morgan fingerprint density at radius 3 is 2.65 bits per heavy atom. The maximum atomic E-state index is 11.3. The summed E-state index contributed by atoms with van der Waals surface area (Å²) >= 11 is 0. The molecule has 17 heavy (non-hydrogen) atoms. The molecule has 1 saturated heterocycles. The third-order valence-electron chi connectivity index (χ3n) is 2.59. The Kier molecular flexibility index (Phi) is 4.43. The van der Waals surface area contributed by atoms with E-state index in [-0.39, 0.29) is 12.5 Å². The molecule has 1 aliphatic heterocycles. The lowest BCUT2D eigenvalue weighted by atomic mass is 9.98. The molecule has 0 aliphatic carbocycles. The Morgan fingerprint density at radius 2 is 2.24 bits per heavy atom. The number of carbonyl (C=O) groups excluding carboxylic acids is 3. The van der Waals surface area contributed by atoms with Crippen molar-refractivity contribution in [3.63, 3.8) is 0 Å². The standard InChI is InChI=1S/C12H16O5/c1-4-9(16-11(14)7(2)3)5-8-6-10(13)17-12(8)15/h8-9H,2,4-6H2,1,3H3. The predicted octanol–water partition coefficient (Wildman–Crippen LogP) is 1.36. The number of esters is 3. The lowest BCUT2D eigenvalue weighted by Gasteiger charge is -2.17. The smallest absolute Gasteiger partial charge is 0.333 e. The SMILES string of the molecule is C=C(C)C(=O)OC(CC)CC1CC(=O)OC1=O. The van der Waals surface area contributed by atoms with Gasteiger partial charge < -0.3 is 9.47 Å². The van der Waals surface area contributed by atoms with Crippen LogP contribution in [0.15, 0.2) is 12.2 Å². The van der Waals surface area contributed by atoms with Gasteiger partial charge in [0, 0.05) is 5.57 Å². The Morgan fingerprint density at radius 1 is 1.59 bits per heavy atom. The van der Waals surface area contributed by atoms with E-state index < -0.39 is 23.8 Å². The highest BCUT2D eigenvalue weighted by atomic mass is 16.6. The zero-order valence-corrected chi connectivity index (χ0v) is 10.0. The number of rotatable bonds is 5. The van der Waals surface area contributed by atoms with E-state index in [2.05, 4.69) is 11.3 Å². The van der Waals surface area contributed by atoms with Gasteiger partial charge >= 0.3 is 17.9 Å². The highest BCUT2D eigenvalue weighted by Crippen LogP contribution is 2.23. The Balaban J connectivity index is 2.52. The van der Waals surface area contributed by atoms with Gasteiger partial charge in [0.2, 0.25) is 0 Å². The van der Waals surface area contributed by atoms with Crippen LogP contribution in [0.5, 0.6) is 0 Å². The van der Waals surface area contributed by atoms with E-state index in [1.54, 1.807) is 6.92 Å². The average Bonchev–Trinajstić information content (AvgIpc) is 2.56. The maximum Gasteiger partial charge on any atom is 0.333 e. The van der Waals surface area contributed by atoms with Crippen LogP contribution in [-0.4, -0.2) is 24.0 Å². The molecule has 94 valence electrons. The quantitative estimate of drug-likeness (QED) is 0.412. The van der Waals surface area contributed by atoms with Crippen molar-refractivity contribution in [2.45, 2.75) is 39.2 Å².